The van der Waals surface area contributed by atoms with Crippen molar-refractivity contribution < 1.29 is 4.42 Å². The fourth-order valence-electron chi connectivity index (χ4n) is 1.98. The molecule has 0 aliphatic rings. The molecule has 0 aliphatic carbocycles. The maximum absolute atomic E-state index is 12.3. The highest BCUT2D eigenvalue weighted by atomic mass is 16.3. The van der Waals surface area contributed by atoms with Crippen LogP contribution >= 0.6 is 0 Å². The van der Waals surface area contributed by atoms with Crippen LogP contribution in [0.3, 0.4) is 0 Å². The maximum Gasteiger partial charge on any atom is 0.200 e. The Hall–Kier alpha value is -2.55. The zero-order valence-corrected chi connectivity index (χ0v) is 9.59. The Morgan fingerprint density at radius 1 is 1.00 bits per heavy atom. The zero-order valence-electron chi connectivity index (χ0n) is 9.59. The molecule has 18 heavy (non-hydrogen) atoms. The lowest BCUT2D eigenvalue weighted by atomic mass is 10.1. The first kappa shape index (κ1) is 10.6. The van der Waals surface area contributed by atoms with Crippen molar-refractivity contribution in [2.75, 3.05) is 5.73 Å². The predicted molar refractivity (Wildman–Crippen MR) is 72.3 cm³/mol. The quantitative estimate of drug-likeness (QED) is 0.662. The first-order valence-electron chi connectivity index (χ1n) is 5.62. The number of nitrogens with two attached hydrogens (primary N) is 1. The minimum absolute atomic E-state index is 0.0394. The Morgan fingerprint density at radius 2 is 1.83 bits per heavy atom. The van der Waals surface area contributed by atoms with Crippen LogP contribution in [-0.4, -0.2) is 0 Å². The van der Waals surface area contributed by atoms with Gasteiger partial charge < -0.3 is 10.2 Å². The molecular weight excluding hydrogens is 226 g/mol. The number of rotatable bonds is 1. The third-order valence-corrected chi connectivity index (χ3v) is 2.88. The second-order valence-corrected chi connectivity index (χ2v) is 4.10. The van der Waals surface area contributed by atoms with E-state index in [1.54, 1.807) is 24.3 Å². The minimum Gasteiger partial charge on any atom is -0.463 e. The molecule has 0 atom stereocenters. The van der Waals surface area contributed by atoms with Gasteiger partial charge >= 0.3 is 0 Å². The van der Waals surface area contributed by atoms with E-state index in [0.717, 1.165) is 5.56 Å². The first-order valence-corrected chi connectivity index (χ1v) is 5.62. The third kappa shape index (κ3) is 1.66. The summed E-state index contributed by atoms with van der Waals surface area (Å²) in [5.74, 6) is 0. The van der Waals surface area contributed by atoms with E-state index in [9.17, 15) is 4.79 Å². The van der Waals surface area contributed by atoms with Gasteiger partial charge in [-0.1, -0.05) is 24.3 Å². The first-order chi connectivity index (χ1) is 8.75. The Balaban J connectivity index is 2.31. The summed E-state index contributed by atoms with van der Waals surface area (Å²) in [6.45, 7) is 0. The number of para-hydroxylation sites is 1. The zero-order chi connectivity index (χ0) is 12.5. The lowest BCUT2D eigenvalue weighted by Gasteiger charge is -2.03. The summed E-state index contributed by atoms with van der Waals surface area (Å²) < 4.78 is 5.48. The Labute approximate surface area is 103 Å². The average molecular weight is 237 g/mol. The fourth-order valence-corrected chi connectivity index (χ4v) is 1.98. The van der Waals surface area contributed by atoms with Crippen LogP contribution in [-0.2, 0) is 0 Å². The molecule has 0 saturated heterocycles. The summed E-state index contributed by atoms with van der Waals surface area (Å²) in [5, 5.41) is 0.581. The summed E-state index contributed by atoms with van der Waals surface area (Å²) in [5.41, 5.74) is 8.21. The number of hydrogen-bond acceptors (Lipinski definition) is 3. The van der Waals surface area contributed by atoms with Gasteiger partial charge in [0.05, 0.1) is 10.9 Å². The highest BCUT2D eigenvalue weighted by Crippen LogP contribution is 2.21. The van der Waals surface area contributed by atoms with Gasteiger partial charge in [-0.25, -0.2) is 0 Å². The van der Waals surface area contributed by atoms with Gasteiger partial charge in [-0.05, 0) is 29.8 Å². The number of nitrogen functional groups attached to an aromatic ring is 1. The van der Waals surface area contributed by atoms with Crippen molar-refractivity contribution in [2.24, 2.45) is 0 Å². The van der Waals surface area contributed by atoms with Crippen molar-refractivity contribution in [2.45, 2.75) is 0 Å². The summed E-state index contributed by atoms with van der Waals surface area (Å²) in [7, 11) is 0. The molecule has 0 saturated carbocycles. The van der Waals surface area contributed by atoms with Crippen LogP contribution in [0.15, 0.2) is 64.0 Å². The van der Waals surface area contributed by atoms with Crippen LogP contribution < -0.4 is 11.2 Å². The lowest BCUT2D eigenvalue weighted by molar-refractivity contribution is 0.604. The Kier molecular flexibility index (Phi) is 2.38. The van der Waals surface area contributed by atoms with Gasteiger partial charge in [-0.3, -0.25) is 4.79 Å². The van der Waals surface area contributed by atoms with Gasteiger partial charge in [0.15, 0.2) is 5.43 Å². The monoisotopic (exact) mass is 237 g/mol. The molecule has 3 aromatic rings. The lowest BCUT2D eigenvalue weighted by Crippen LogP contribution is -2.04. The molecule has 0 spiro atoms. The molecule has 0 amide bonds. The van der Waals surface area contributed by atoms with Gasteiger partial charge in [0.1, 0.15) is 11.8 Å². The van der Waals surface area contributed by atoms with Gasteiger partial charge in [0.25, 0.3) is 0 Å². The summed E-state index contributed by atoms with van der Waals surface area (Å²) in [4.78, 5) is 12.3. The van der Waals surface area contributed by atoms with Crippen molar-refractivity contribution in [1.29, 1.82) is 0 Å². The molecule has 1 heterocycles. The standard InChI is InChI=1S/C15H11NO2/c16-11-5-3-4-10(8-11)13-9-18-14-7-2-1-6-12(14)15(13)17/h1-9H,16H2. The molecule has 0 aliphatic heterocycles. The van der Waals surface area contributed by atoms with Crippen LogP contribution in [0.5, 0.6) is 0 Å². The van der Waals surface area contributed by atoms with Crippen molar-refractivity contribution in [3.8, 4) is 11.1 Å². The van der Waals surface area contributed by atoms with Crippen LogP contribution in [0.4, 0.5) is 5.69 Å². The molecule has 2 aromatic carbocycles. The van der Waals surface area contributed by atoms with Gasteiger partial charge in [-0.2, -0.15) is 0 Å². The van der Waals surface area contributed by atoms with E-state index in [1.165, 1.54) is 6.26 Å². The minimum atomic E-state index is -0.0394. The molecule has 0 radical (unpaired) electrons. The number of benzene rings is 2. The second-order valence-electron chi connectivity index (χ2n) is 4.10. The number of fused-ring (bicyclic) bond motifs is 1. The van der Waals surface area contributed by atoms with Gasteiger partial charge in [0.2, 0.25) is 0 Å². The molecule has 88 valence electrons. The van der Waals surface area contributed by atoms with Crippen molar-refractivity contribution >= 4 is 16.7 Å². The summed E-state index contributed by atoms with van der Waals surface area (Å²) in [6, 6.07) is 14.4. The molecule has 2 N–H and O–H groups in total. The van der Waals surface area contributed by atoms with Gasteiger partial charge in [0, 0.05) is 5.69 Å². The molecule has 1 aromatic heterocycles. The normalized spacial score (nSPS) is 10.7. The third-order valence-electron chi connectivity index (χ3n) is 2.88. The van der Waals surface area contributed by atoms with E-state index in [2.05, 4.69) is 0 Å². The number of anilines is 1. The largest absolute Gasteiger partial charge is 0.463 e. The predicted octanol–water partition coefficient (Wildman–Crippen LogP) is 3.04. The van der Waals surface area contributed by atoms with Crippen molar-refractivity contribution in [1.82, 2.24) is 0 Å². The van der Waals surface area contributed by atoms with E-state index in [4.69, 9.17) is 10.2 Å². The SMILES string of the molecule is Nc1cccc(-c2coc3ccccc3c2=O)c1. The second kappa shape index (κ2) is 4.04. The molecule has 0 unspecified atom stereocenters. The van der Waals surface area contributed by atoms with E-state index in [1.807, 2.05) is 24.3 Å². The topological polar surface area (TPSA) is 56.2 Å². The van der Waals surface area contributed by atoms with Crippen LogP contribution in [0.1, 0.15) is 0 Å². The van der Waals surface area contributed by atoms with Crippen LogP contribution in [0.25, 0.3) is 22.1 Å². The smallest absolute Gasteiger partial charge is 0.200 e. The Bertz CT molecular complexity index is 775. The fraction of sp³-hybridized carbons (Fsp3) is 0. The van der Waals surface area contributed by atoms with Crippen LogP contribution in [0, 0.1) is 0 Å². The van der Waals surface area contributed by atoms with Crippen molar-refractivity contribution in [3.63, 3.8) is 0 Å². The van der Waals surface area contributed by atoms with Crippen molar-refractivity contribution in [3.05, 3.63) is 65.0 Å². The molecule has 3 heteroatoms. The van der Waals surface area contributed by atoms with E-state index in [0.29, 0.717) is 22.2 Å². The highest BCUT2D eigenvalue weighted by Gasteiger charge is 2.08. The molecule has 0 bridgehead atoms. The molecule has 3 nitrogen and oxygen atoms in total. The molecular formula is C15H11NO2. The van der Waals surface area contributed by atoms with Crippen LogP contribution in [0.2, 0.25) is 0 Å². The molecule has 3 rings (SSSR count). The Morgan fingerprint density at radius 3 is 2.67 bits per heavy atom. The number of hydrogen-bond donors (Lipinski definition) is 1. The maximum atomic E-state index is 12.3. The van der Waals surface area contributed by atoms with E-state index in [-0.39, 0.29) is 5.43 Å². The average Bonchev–Trinajstić information content (AvgIpc) is 2.39. The van der Waals surface area contributed by atoms with E-state index < -0.39 is 0 Å². The van der Waals surface area contributed by atoms with E-state index >= 15 is 0 Å². The van der Waals surface area contributed by atoms with Gasteiger partial charge in [-0.15, -0.1) is 0 Å². The highest BCUT2D eigenvalue weighted by molar-refractivity contribution is 5.81. The molecule has 0 fully saturated rings. The summed E-state index contributed by atoms with van der Waals surface area (Å²) in [6.07, 6.45) is 1.49. The summed E-state index contributed by atoms with van der Waals surface area (Å²) >= 11 is 0.